The topological polar surface area (TPSA) is 30.0 Å². The summed E-state index contributed by atoms with van der Waals surface area (Å²) in [7, 11) is 5.33. The first-order valence-corrected chi connectivity index (χ1v) is 2.93. The molecule has 0 atom stereocenters. The van der Waals surface area contributed by atoms with Crippen LogP contribution in [0, 0.1) is 0 Å². The van der Waals surface area contributed by atoms with E-state index in [-0.39, 0.29) is 5.78 Å². The van der Waals surface area contributed by atoms with Gasteiger partial charge in [-0.2, -0.15) is 0 Å². The fraction of sp³-hybridized carbons (Fsp3) is 0.143. The van der Waals surface area contributed by atoms with Gasteiger partial charge in [-0.05, 0) is 11.7 Å². The molecule has 0 N–H and O–H groups in total. The number of ketones is 1. The normalized spacial score (nSPS) is 9.30. The van der Waals surface area contributed by atoms with E-state index in [0.717, 1.165) is 0 Å². The first kappa shape index (κ1) is 7.00. The van der Waals surface area contributed by atoms with Gasteiger partial charge in [0.15, 0.2) is 5.78 Å². The van der Waals surface area contributed by atoms with Crippen LogP contribution in [-0.2, 0) is 0 Å². The van der Waals surface area contributed by atoms with Gasteiger partial charge in [0.1, 0.15) is 13.5 Å². The van der Waals surface area contributed by atoms with Crippen molar-refractivity contribution in [3.8, 4) is 0 Å². The average Bonchev–Trinajstić information content (AvgIpc) is 1.88. The Morgan fingerprint density at radius 1 is 1.60 bits per heavy atom. The quantitative estimate of drug-likeness (QED) is 0.399. The number of carbonyl (C=O) groups is 1. The van der Waals surface area contributed by atoms with E-state index in [2.05, 4.69) is 4.98 Å². The third-order valence-electron chi connectivity index (χ3n) is 1.13. The molecule has 0 bridgehead atoms. The highest BCUT2D eigenvalue weighted by molar-refractivity contribution is 6.30. The van der Waals surface area contributed by atoms with Crippen LogP contribution in [0.1, 0.15) is 17.4 Å². The van der Waals surface area contributed by atoms with Gasteiger partial charge in [0.25, 0.3) is 0 Å². The number of hydrogen-bond acceptors (Lipinski definition) is 2. The molecule has 0 aliphatic heterocycles. The van der Waals surface area contributed by atoms with E-state index >= 15 is 0 Å². The Bertz CT molecular complexity index is 260. The summed E-state index contributed by atoms with van der Waals surface area (Å²) in [6.07, 6.45) is 0. The van der Waals surface area contributed by atoms with Gasteiger partial charge in [-0.15, -0.1) is 0 Å². The lowest BCUT2D eigenvalue weighted by molar-refractivity contribution is 0.101. The van der Waals surface area contributed by atoms with E-state index in [1.165, 1.54) is 6.92 Å². The zero-order valence-electron chi connectivity index (χ0n) is 5.66. The summed E-state index contributed by atoms with van der Waals surface area (Å²) in [5, 5.41) is 0. The second-order valence-electron chi connectivity index (χ2n) is 2.00. The number of carbonyl (C=O) groups excluding carboxylic acids is 1. The van der Waals surface area contributed by atoms with E-state index in [1.54, 1.807) is 18.2 Å². The Morgan fingerprint density at radius 3 is 2.70 bits per heavy atom. The molecule has 0 spiro atoms. The van der Waals surface area contributed by atoms with Crippen LogP contribution in [0.25, 0.3) is 0 Å². The van der Waals surface area contributed by atoms with Gasteiger partial charge in [-0.1, -0.05) is 12.1 Å². The smallest absolute Gasteiger partial charge is 0.178 e. The molecule has 3 heteroatoms. The number of rotatable bonds is 1. The van der Waals surface area contributed by atoms with Gasteiger partial charge in [-0.3, -0.25) is 9.78 Å². The monoisotopic (exact) mass is 131 g/mol. The lowest BCUT2D eigenvalue weighted by Crippen LogP contribution is -2.11. The Hall–Kier alpha value is -1.12. The van der Waals surface area contributed by atoms with Crippen LogP contribution in [0.4, 0.5) is 0 Å². The van der Waals surface area contributed by atoms with Crippen molar-refractivity contribution in [2.24, 2.45) is 0 Å². The molecule has 2 radical (unpaired) electrons. The third-order valence-corrected chi connectivity index (χ3v) is 1.13. The molecule has 1 heterocycles. The molecule has 0 amide bonds. The number of hydrogen-bond donors (Lipinski definition) is 0. The summed E-state index contributed by atoms with van der Waals surface area (Å²) in [6, 6.07) is 4.99. The van der Waals surface area contributed by atoms with Gasteiger partial charge in [-0.25, -0.2) is 0 Å². The fourth-order valence-electron chi connectivity index (χ4n) is 0.648. The predicted octanol–water partition coefficient (Wildman–Crippen LogP) is 0.0780. The van der Waals surface area contributed by atoms with Gasteiger partial charge < -0.3 is 0 Å². The molecule has 0 aliphatic carbocycles. The molecule has 10 heavy (non-hydrogen) atoms. The van der Waals surface area contributed by atoms with Gasteiger partial charge in [0, 0.05) is 6.92 Å². The standard InChI is InChI=1S/C7H6BNO/c1-5(10)6-3-2-4-7(8)9-6/h2-4H,1H3. The highest BCUT2D eigenvalue weighted by Gasteiger charge is 1.97. The zero-order chi connectivity index (χ0) is 7.56. The molecule has 1 rings (SSSR count). The minimum absolute atomic E-state index is 0.0627. The molecule has 0 saturated heterocycles. The summed E-state index contributed by atoms with van der Waals surface area (Å²) in [5.74, 6) is -0.0627. The average molecular weight is 131 g/mol. The molecule has 48 valence electrons. The summed E-state index contributed by atoms with van der Waals surface area (Å²) < 4.78 is 0. The lowest BCUT2D eigenvalue weighted by atomic mass is 10.0. The van der Waals surface area contributed by atoms with E-state index in [0.29, 0.717) is 11.3 Å². The maximum Gasteiger partial charge on any atom is 0.178 e. The summed E-state index contributed by atoms with van der Waals surface area (Å²) in [5.41, 5.74) is 0.799. The molecule has 0 aromatic carbocycles. The van der Waals surface area contributed by atoms with Gasteiger partial charge in [0.05, 0.1) is 0 Å². The van der Waals surface area contributed by atoms with Crippen molar-refractivity contribution in [1.82, 2.24) is 4.98 Å². The van der Waals surface area contributed by atoms with Crippen molar-refractivity contribution < 1.29 is 4.79 Å². The summed E-state index contributed by atoms with van der Waals surface area (Å²) >= 11 is 0. The molecule has 1 aromatic rings. The van der Waals surface area contributed by atoms with Crippen LogP contribution in [0.5, 0.6) is 0 Å². The number of Topliss-reactive ketones (excluding diaryl/α,β-unsaturated/α-hetero) is 1. The molecule has 2 nitrogen and oxygen atoms in total. The van der Waals surface area contributed by atoms with Crippen molar-refractivity contribution in [3.63, 3.8) is 0 Å². The third kappa shape index (κ3) is 1.44. The summed E-state index contributed by atoms with van der Waals surface area (Å²) in [6.45, 7) is 1.46. The Balaban J connectivity index is 3.07. The number of nitrogens with zero attached hydrogens (tertiary/aromatic N) is 1. The molecular weight excluding hydrogens is 125 g/mol. The van der Waals surface area contributed by atoms with E-state index in [4.69, 9.17) is 7.85 Å². The van der Waals surface area contributed by atoms with E-state index in [1.807, 2.05) is 0 Å². The SMILES string of the molecule is [B]c1cccc(C(C)=O)n1. The molecule has 0 unspecified atom stereocenters. The molecule has 0 saturated carbocycles. The first-order valence-electron chi connectivity index (χ1n) is 2.93. The van der Waals surface area contributed by atoms with Crippen LogP contribution in [-0.4, -0.2) is 18.6 Å². The van der Waals surface area contributed by atoms with Crippen LogP contribution in [0.3, 0.4) is 0 Å². The van der Waals surface area contributed by atoms with Gasteiger partial charge in [0.2, 0.25) is 0 Å². The fourth-order valence-corrected chi connectivity index (χ4v) is 0.648. The van der Waals surface area contributed by atoms with Crippen molar-refractivity contribution >= 4 is 19.2 Å². The minimum atomic E-state index is -0.0627. The Kier molecular flexibility index (Phi) is 1.85. The van der Waals surface area contributed by atoms with E-state index in [9.17, 15) is 4.79 Å². The van der Waals surface area contributed by atoms with Crippen LogP contribution in [0.2, 0.25) is 0 Å². The molecule has 1 aromatic heterocycles. The molecule has 0 aliphatic rings. The summed E-state index contributed by atoms with van der Waals surface area (Å²) in [4.78, 5) is 14.5. The lowest BCUT2D eigenvalue weighted by Gasteiger charge is -1.94. The highest BCUT2D eigenvalue weighted by Crippen LogP contribution is 1.90. The van der Waals surface area contributed by atoms with Gasteiger partial charge >= 0.3 is 0 Å². The van der Waals surface area contributed by atoms with Crippen LogP contribution < -0.4 is 5.59 Å². The molecular formula is C7H6BNO. The number of aromatic nitrogens is 1. The van der Waals surface area contributed by atoms with Crippen molar-refractivity contribution in [3.05, 3.63) is 23.9 Å². The predicted molar refractivity (Wildman–Crippen MR) is 39.6 cm³/mol. The second-order valence-corrected chi connectivity index (χ2v) is 2.00. The van der Waals surface area contributed by atoms with Crippen molar-refractivity contribution in [1.29, 1.82) is 0 Å². The number of pyridine rings is 1. The Labute approximate surface area is 60.7 Å². The van der Waals surface area contributed by atoms with Crippen LogP contribution >= 0.6 is 0 Å². The van der Waals surface area contributed by atoms with E-state index < -0.39 is 0 Å². The van der Waals surface area contributed by atoms with Crippen molar-refractivity contribution in [2.75, 3.05) is 0 Å². The largest absolute Gasteiger partial charge is 0.293 e. The van der Waals surface area contributed by atoms with Crippen LogP contribution in [0.15, 0.2) is 18.2 Å². The zero-order valence-corrected chi connectivity index (χ0v) is 5.66. The second kappa shape index (κ2) is 2.65. The van der Waals surface area contributed by atoms with Crippen molar-refractivity contribution in [2.45, 2.75) is 6.92 Å². The highest BCUT2D eigenvalue weighted by atomic mass is 16.1. The maximum absolute atomic E-state index is 10.7. The Morgan fingerprint density at radius 2 is 2.30 bits per heavy atom. The first-order chi connectivity index (χ1) is 4.70. The molecule has 0 fully saturated rings. The minimum Gasteiger partial charge on any atom is -0.293 e. The maximum atomic E-state index is 10.7.